The van der Waals surface area contributed by atoms with Crippen molar-refractivity contribution in [3.05, 3.63) is 65.2 Å². The molecule has 0 aliphatic carbocycles. The van der Waals surface area contributed by atoms with Crippen molar-refractivity contribution in [1.82, 2.24) is 10.2 Å². The van der Waals surface area contributed by atoms with E-state index in [4.69, 9.17) is 4.74 Å². The predicted octanol–water partition coefficient (Wildman–Crippen LogP) is 4.44. The van der Waals surface area contributed by atoms with Crippen LogP contribution in [0.1, 0.15) is 55.3 Å². The fraction of sp³-hybridized carbons (Fsp3) is 0.462. The summed E-state index contributed by atoms with van der Waals surface area (Å²) in [7, 11) is 1.68. The number of hydrogen-bond acceptors (Lipinski definition) is 3. The summed E-state index contributed by atoms with van der Waals surface area (Å²) < 4.78 is 5.22. The molecule has 2 amide bonds. The SMILES string of the molecule is COc1ccc(CCC2CCN(C(=O)CC(NC(C)=O)c3ccc(C)cc3)CC2)cc1. The molecular weight excluding hydrogens is 388 g/mol. The van der Waals surface area contributed by atoms with Crippen LogP contribution in [0.5, 0.6) is 5.75 Å². The highest BCUT2D eigenvalue weighted by Crippen LogP contribution is 2.25. The molecule has 1 fully saturated rings. The summed E-state index contributed by atoms with van der Waals surface area (Å²) in [4.78, 5) is 26.6. The smallest absolute Gasteiger partial charge is 0.224 e. The zero-order valence-electron chi connectivity index (χ0n) is 18.9. The van der Waals surface area contributed by atoms with E-state index < -0.39 is 0 Å². The summed E-state index contributed by atoms with van der Waals surface area (Å²) in [6.07, 6.45) is 4.58. The van der Waals surface area contributed by atoms with Gasteiger partial charge >= 0.3 is 0 Å². The first kappa shape index (κ1) is 22.9. The van der Waals surface area contributed by atoms with Crippen LogP contribution in [0, 0.1) is 12.8 Å². The molecule has 1 heterocycles. The van der Waals surface area contributed by atoms with Crippen molar-refractivity contribution in [3.8, 4) is 5.75 Å². The molecule has 1 atom stereocenters. The zero-order chi connectivity index (χ0) is 22.2. The Morgan fingerprint density at radius 2 is 1.71 bits per heavy atom. The number of carbonyl (C=O) groups is 2. The number of likely N-dealkylation sites (tertiary alicyclic amines) is 1. The van der Waals surface area contributed by atoms with Crippen LogP contribution >= 0.6 is 0 Å². The number of aryl methyl sites for hydroxylation is 2. The minimum Gasteiger partial charge on any atom is -0.497 e. The number of benzene rings is 2. The van der Waals surface area contributed by atoms with Crippen molar-refractivity contribution in [2.24, 2.45) is 5.92 Å². The fourth-order valence-corrected chi connectivity index (χ4v) is 4.23. The minimum absolute atomic E-state index is 0.115. The topological polar surface area (TPSA) is 58.6 Å². The molecule has 2 aromatic rings. The summed E-state index contributed by atoms with van der Waals surface area (Å²) >= 11 is 0. The molecule has 1 aliphatic heterocycles. The Balaban J connectivity index is 1.48. The highest BCUT2D eigenvalue weighted by atomic mass is 16.5. The van der Waals surface area contributed by atoms with E-state index >= 15 is 0 Å². The Morgan fingerprint density at radius 3 is 2.29 bits per heavy atom. The van der Waals surface area contributed by atoms with E-state index in [0.29, 0.717) is 12.3 Å². The molecule has 1 saturated heterocycles. The van der Waals surface area contributed by atoms with Gasteiger partial charge < -0.3 is 15.0 Å². The van der Waals surface area contributed by atoms with Gasteiger partial charge in [0.15, 0.2) is 0 Å². The van der Waals surface area contributed by atoms with Crippen LogP contribution in [0.3, 0.4) is 0 Å². The third kappa shape index (κ3) is 6.84. The number of nitrogens with zero attached hydrogens (tertiary/aromatic N) is 1. The van der Waals surface area contributed by atoms with Gasteiger partial charge in [-0.3, -0.25) is 9.59 Å². The fourth-order valence-electron chi connectivity index (χ4n) is 4.23. The number of methoxy groups -OCH3 is 1. The lowest BCUT2D eigenvalue weighted by Crippen LogP contribution is -2.40. The standard InChI is InChI=1S/C26H34N2O3/c1-19-4-10-23(11-5-19)25(27-20(2)29)18-26(30)28-16-14-22(15-17-28)7-6-21-8-12-24(31-3)13-9-21/h4-5,8-13,22,25H,6-7,14-18H2,1-3H3,(H,27,29). The second-order valence-electron chi connectivity index (χ2n) is 8.58. The third-order valence-electron chi connectivity index (χ3n) is 6.20. The normalized spacial score (nSPS) is 15.4. The molecular formula is C26H34N2O3. The largest absolute Gasteiger partial charge is 0.497 e. The van der Waals surface area contributed by atoms with Gasteiger partial charge in [0.25, 0.3) is 0 Å². The molecule has 31 heavy (non-hydrogen) atoms. The Bertz CT molecular complexity index is 853. The number of piperidine rings is 1. The lowest BCUT2D eigenvalue weighted by Gasteiger charge is -2.33. The third-order valence-corrected chi connectivity index (χ3v) is 6.20. The van der Waals surface area contributed by atoms with E-state index in [-0.39, 0.29) is 17.9 Å². The van der Waals surface area contributed by atoms with Crippen LogP contribution in [0.2, 0.25) is 0 Å². The summed E-state index contributed by atoms with van der Waals surface area (Å²) in [6, 6.07) is 16.0. The molecule has 0 bridgehead atoms. The molecule has 1 N–H and O–H groups in total. The molecule has 1 aliphatic rings. The van der Waals surface area contributed by atoms with E-state index in [2.05, 4.69) is 17.4 Å². The number of rotatable bonds is 8. The molecule has 0 aromatic heterocycles. The molecule has 1 unspecified atom stereocenters. The molecule has 2 aromatic carbocycles. The summed E-state index contributed by atoms with van der Waals surface area (Å²) in [5.41, 5.74) is 3.47. The molecule has 0 spiro atoms. The van der Waals surface area contributed by atoms with Gasteiger partial charge in [-0.05, 0) is 61.8 Å². The van der Waals surface area contributed by atoms with Crippen molar-refractivity contribution < 1.29 is 14.3 Å². The Labute approximate surface area is 185 Å². The number of amides is 2. The van der Waals surface area contributed by atoms with Crippen molar-refractivity contribution in [3.63, 3.8) is 0 Å². The van der Waals surface area contributed by atoms with Crippen LogP contribution in [0.25, 0.3) is 0 Å². The number of hydrogen-bond donors (Lipinski definition) is 1. The van der Waals surface area contributed by atoms with Crippen molar-refractivity contribution >= 4 is 11.8 Å². The maximum atomic E-state index is 12.9. The monoisotopic (exact) mass is 422 g/mol. The van der Waals surface area contributed by atoms with Gasteiger partial charge in [-0.1, -0.05) is 42.0 Å². The van der Waals surface area contributed by atoms with Crippen molar-refractivity contribution in [2.45, 2.75) is 52.0 Å². The molecule has 5 nitrogen and oxygen atoms in total. The highest BCUT2D eigenvalue weighted by Gasteiger charge is 2.25. The summed E-state index contributed by atoms with van der Waals surface area (Å²) in [5, 5.41) is 2.95. The van der Waals surface area contributed by atoms with Gasteiger partial charge in [0, 0.05) is 20.0 Å². The van der Waals surface area contributed by atoms with Gasteiger partial charge in [-0.25, -0.2) is 0 Å². The average molecular weight is 423 g/mol. The Hall–Kier alpha value is -2.82. The van der Waals surface area contributed by atoms with Gasteiger partial charge in [-0.15, -0.1) is 0 Å². The first-order chi connectivity index (χ1) is 14.9. The first-order valence-electron chi connectivity index (χ1n) is 11.2. The lowest BCUT2D eigenvalue weighted by molar-refractivity contribution is -0.133. The van der Waals surface area contributed by atoms with Gasteiger partial charge in [0.2, 0.25) is 11.8 Å². The van der Waals surface area contributed by atoms with E-state index in [1.165, 1.54) is 12.5 Å². The van der Waals surface area contributed by atoms with E-state index in [9.17, 15) is 9.59 Å². The zero-order valence-corrected chi connectivity index (χ0v) is 18.9. The molecule has 5 heteroatoms. The van der Waals surface area contributed by atoms with Crippen LogP contribution in [-0.4, -0.2) is 36.9 Å². The lowest BCUT2D eigenvalue weighted by atomic mass is 9.90. The van der Waals surface area contributed by atoms with Crippen molar-refractivity contribution in [2.75, 3.05) is 20.2 Å². The van der Waals surface area contributed by atoms with Gasteiger partial charge in [0.1, 0.15) is 5.75 Å². The number of nitrogens with one attached hydrogen (secondary N) is 1. The molecule has 3 rings (SSSR count). The van der Waals surface area contributed by atoms with Crippen LogP contribution in [0.4, 0.5) is 0 Å². The quantitative estimate of drug-likeness (QED) is 0.684. The Morgan fingerprint density at radius 1 is 1.06 bits per heavy atom. The van der Waals surface area contributed by atoms with Gasteiger partial charge in [0.05, 0.1) is 19.6 Å². The second kappa shape index (κ2) is 11.0. The van der Waals surface area contributed by atoms with Crippen LogP contribution < -0.4 is 10.1 Å². The maximum Gasteiger partial charge on any atom is 0.224 e. The maximum absolute atomic E-state index is 12.9. The minimum atomic E-state index is -0.279. The summed E-state index contributed by atoms with van der Waals surface area (Å²) in [5.74, 6) is 1.54. The predicted molar refractivity (Wildman–Crippen MR) is 123 cm³/mol. The van der Waals surface area contributed by atoms with Crippen LogP contribution in [-0.2, 0) is 16.0 Å². The highest BCUT2D eigenvalue weighted by molar-refractivity contribution is 5.79. The van der Waals surface area contributed by atoms with Gasteiger partial charge in [-0.2, -0.15) is 0 Å². The summed E-state index contributed by atoms with van der Waals surface area (Å²) in [6.45, 7) is 5.13. The molecule has 0 saturated carbocycles. The van der Waals surface area contributed by atoms with E-state index in [1.54, 1.807) is 7.11 Å². The average Bonchev–Trinajstić information content (AvgIpc) is 2.78. The van der Waals surface area contributed by atoms with E-state index in [0.717, 1.165) is 55.6 Å². The number of carbonyl (C=O) groups excluding carboxylic acids is 2. The molecule has 0 radical (unpaired) electrons. The van der Waals surface area contributed by atoms with Crippen LogP contribution in [0.15, 0.2) is 48.5 Å². The number of ether oxygens (including phenoxy) is 1. The Kier molecular flexibility index (Phi) is 8.10. The second-order valence-corrected chi connectivity index (χ2v) is 8.58. The van der Waals surface area contributed by atoms with E-state index in [1.807, 2.05) is 48.2 Å². The van der Waals surface area contributed by atoms with Crippen molar-refractivity contribution in [1.29, 1.82) is 0 Å². The first-order valence-corrected chi connectivity index (χ1v) is 11.2. The molecule has 166 valence electrons.